The first-order valence-electron chi connectivity index (χ1n) is 11.4. The Morgan fingerprint density at radius 2 is 1.59 bits per heavy atom. The minimum absolute atomic E-state index is 0.0672. The summed E-state index contributed by atoms with van der Waals surface area (Å²) in [7, 11) is 0. The van der Waals surface area contributed by atoms with E-state index in [9.17, 15) is 9.59 Å². The zero-order chi connectivity index (χ0) is 24.7. The number of carbonyl (C=O) groups excluding carboxylic acids is 2. The molecule has 0 saturated heterocycles. The van der Waals surface area contributed by atoms with E-state index >= 15 is 0 Å². The predicted octanol–water partition coefficient (Wildman–Crippen LogP) is 6.13. The van der Waals surface area contributed by atoms with Crippen LogP contribution in [0.15, 0.2) is 77.3 Å². The summed E-state index contributed by atoms with van der Waals surface area (Å²) in [4.78, 5) is 28.1. The van der Waals surface area contributed by atoms with Crippen LogP contribution in [-0.4, -0.2) is 16.7 Å². The maximum Gasteiger partial charge on any atom is 0.256 e. The average Bonchev–Trinajstić information content (AvgIpc) is 2.79. The fraction of sp³-hybridized carbons (Fsp3) is 0.286. The monoisotopic (exact) mass is 521 g/mol. The minimum Gasteiger partial charge on any atom is -0.334 e. The molecule has 3 N–H and O–H groups in total. The average molecular weight is 522 g/mol. The van der Waals surface area contributed by atoms with Crippen LogP contribution in [-0.2, 0) is 24.4 Å². The highest BCUT2D eigenvalue weighted by Gasteiger charge is 2.23. The summed E-state index contributed by atoms with van der Waals surface area (Å²) in [6.07, 6.45) is 0.426. The lowest BCUT2D eigenvalue weighted by Crippen LogP contribution is -2.33. The number of nitrogens with zero attached hydrogens (tertiary/aromatic N) is 1. The van der Waals surface area contributed by atoms with Crippen molar-refractivity contribution in [3.63, 3.8) is 0 Å². The summed E-state index contributed by atoms with van der Waals surface area (Å²) in [6.45, 7) is 7.48. The lowest BCUT2D eigenvalue weighted by molar-refractivity contribution is -0.134. The van der Waals surface area contributed by atoms with Gasteiger partial charge >= 0.3 is 0 Å². The van der Waals surface area contributed by atoms with Gasteiger partial charge < -0.3 is 16.0 Å². The molecule has 6 heteroatoms. The van der Waals surface area contributed by atoms with Gasteiger partial charge in [-0.1, -0.05) is 75.4 Å². The number of para-hydroxylation sites is 1. The summed E-state index contributed by atoms with van der Waals surface area (Å²) in [5.74, 6) is -0.138. The van der Waals surface area contributed by atoms with Gasteiger partial charge in [0.05, 0.1) is 5.56 Å². The molecule has 0 spiro atoms. The van der Waals surface area contributed by atoms with E-state index in [0.29, 0.717) is 37.3 Å². The number of benzene rings is 3. The smallest absolute Gasteiger partial charge is 0.256 e. The molecule has 0 fully saturated rings. The molecule has 0 saturated carbocycles. The number of rotatable bonds is 8. The first kappa shape index (κ1) is 25.7. The van der Waals surface area contributed by atoms with E-state index in [2.05, 4.69) is 42.0 Å². The lowest BCUT2D eigenvalue weighted by Gasteiger charge is -2.28. The Bertz CT molecular complexity index is 1150. The fourth-order valence-corrected chi connectivity index (χ4v) is 4.16. The molecule has 0 aliphatic rings. The predicted molar refractivity (Wildman–Crippen MR) is 141 cm³/mol. The molecule has 0 aliphatic carbocycles. The van der Waals surface area contributed by atoms with Gasteiger partial charge in [-0.25, -0.2) is 0 Å². The number of halogens is 1. The molecule has 0 heterocycles. The molecule has 0 bridgehead atoms. The summed E-state index contributed by atoms with van der Waals surface area (Å²) < 4.78 is 0.728. The van der Waals surface area contributed by atoms with Crippen molar-refractivity contribution in [2.75, 3.05) is 5.32 Å². The Labute approximate surface area is 210 Å². The Hall–Kier alpha value is -2.96. The van der Waals surface area contributed by atoms with Crippen molar-refractivity contribution in [2.24, 2.45) is 11.1 Å². The standard InChI is InChI=1S/C28H32BrN3O2/c1-28(2,3)16-26(33)32(18-21-10-8-9-20(15-21)17-30)19-22-11-4-7-14-25(22)31-27(34)23-12-5-6-13-24(23)29/h4-15H,16-19,30H2,1-3H3,(H,31,34). The van der Waals surface area contributed by atoms with Gasteiger partial charge in [0.15, 0.2) is 0 Å². The third kappa shape index (κ3) is 7.27. The Balaban J connectivity index is 1.87. The van der Waals surface area contributed by atoms with Gasteiger partial charge in [-0.05, 0) is 56.2 Å². The highest BCUT2D eigenvalue weighted by molar-refractivity contribution is 9.10. The van der Waals surface area contributed by atoms with E-state index < -0.39 is 0 Å². The van der Waals surface area contributed by atoms with Crippen LogP contribution < -0.4 is 11.1 Å². The fourth-order valence-electron chi connectivity index (χ4n) is 3.69. The van der Waals surface area contributed by atoms with Crippen molar-refractivity contribution in [3.8, 4) is 0 Å². The summed E-state index contributed by atoms with van der Waals surface area (Å²) in [6, 6.07) is 22.9. The molecule has 0 atom stereocenters. The third-order valence-corrected chi connectivity index (χ3v) is 6.07. The van der Waals surface area contributed by atoms with Crippen LogP contribution in [0.5, 0.6) is 0 Å². The molecule has 178 valence electrons. The van der Waals surface area contributed by atoms with Crippen LogP contribution in [0, 0.1) is 5.41 Å². The summed E-state index contributed by atoms with van der Waals surface area (Å²) in [5.41, 5.74) is 9.85. The van der Waals surface area contributed by atoms with Crippen LogP contribution in [0.2, 0.25) is 0 Å². The molecule has 0 unspecified atom stereocenters. The molecule has 3 aromatic rings. The Kier molecular flexibility index (Phi) is 8.64. The maximum absolute atomic E-state index is 13.3. The Morgan fingerprint density at radius 1 is 0.912 bits per heavy atom. The third-order valence-electron chi connectivity index (χ3n) is 5.38. The zero-order valence-corrected chi connectivity index (χ0v) is 21.6. The van der Waals surface area contributed by atoms with E-state index in [0.717, 1.165) is 21.2 Å². The molecule has 34 heavy (non-hydrogen) atoms. The molecule has 0 radical (unpaired) electrons. The molecular weight excluding hydrogens is 490 g/mol. The molecule has 5 nitrogen and oxygen atoms in total. The molecule has 3 aromatic carbocycles. The SMILES string of the molecule is CC(C)(C)CC(=O)N(Cc1cccc(CN)c1)Cc1ccccc1NC(=O)c1ccccc1Br. The van der Waals surface area contributed by atoms with Crippen LogP contribution in [0.1, 0.15) is 54.2 Å². The molecule has 0 aliphatic heterocycles. The quantitative estimate of drug-likeness (QED) is 0.374. The number of hydrogen-bond acceptors (Lipinski definition) is 3. The van der Waals surface area contributed by atoms with Crippen molar-refractivity contribution in [1.29, 1.82) is 0 Å². The van der Waals surface area contributed by atoms with Crippen molar-refractivity contribution in [3.05, 3.63) is 99.5 Å². The molecule has 2 amide bonds. The van der Waals surface area contributed by atoms with Crippen LogP contribution >= 0.6 is 15.9 Å². The number of amides is 2. The van der Waals surface area contributed by atoms with Crippen molar-refractivity contribution >= 4 is 33.4 Å². The second-order valence-electron chi connectivity index (χ2n) is 9.60. The lowest BCUT2D eigenvalue weighted by atomic mass is 9.91. The van der Waals surface area contributed by atoms with Crippen LogP contribution in [0.25, 0.3) is 0 Å². The van der Waals surface area contributed by atoms with Crippen molar-refractivity contribution < 1.29 is 9.59 Å². The second-order valence-corrected chi connectivity index (χ2v) is 10.5. The van der Waals surface area contributed by atoms with E-state index in [-0.39, 0.29) is 17.2 Å². The van der Waals surface area contributed by atoms with E-state index in [1.807, 2.05) is 71.6 Å². The molecule has 0 aromatic heterocycles. The van der Waals surface area contributed by atoms with E-state index in [4.69, 9.17) is 5.73 Å². The zero-order valence-electron chi connectivity index (χ0n) is 20.0. The largest absolute Gasteiger partial charge is 0.334 e. The van der Waals surface area contributed by atoms with Gasteiger partial charge in [0.2, 0.25) is 5.91 Å². The van der Waals surface area contributed by atoms with Crippen LogP contribution in [0.3, 0.4) is 0 Å². The first-order chi connectivity index (χ1) is 16.2. The second kappa shape index (κ2) is 11.4. The summed E-state index contributed by atoms with van der Waals surface area (Å²) in [5, 5.41) is 3.02. The van der Waals surface area contributed by atoms with Crippen molar-refractivity contribution in [1.82, 2.24) is 4.90 Å². The van der Waals surface area contributed by atoms with E-state index in [1.54, 1.807) is 6.07 Å². The first-order valence-corrected chi connectivity index (χ1v) is 12.1. The normalized spacial score (nSPS) is 11.2. The molecular formula is C28H32BrN3O2. The Morgan fingerprint density at radius 3 is 2.29 bits per heavy atom. The summed E-state index contributed by atoms with van der Waals surface area (Å²) >= 11 is 3.44. The van der Waals surface area contributed by atoms with Crippen molar-refractivity contribution in [2.45, 2.75) is 46.8 Å². The number of nitrogens with two attached hydrogens (primary N) is 1. The van der Waals surface area contributed by atoms with Crippen LogP contribution in [0.4, 0.5) is 5.69 Å². The van der Waals surface area contributed by atoms with Gasteiger partial charge in [-0.15, -0.1) is 0 Å². The highest BCUT2D eigenvalue weighted by atomic mass is 79.9. The van der Waals surface area contributed by atoms with Gasteiger partial charge in [-0.3, -0.25) is 9.59 Å². The minimum atomic E-state index is -0.205. The topological polar surface area (TPSA) is 75.4 Å². The number of carbonyl (C=O) groups is 2. The number of nitrogens with one attached hydrogen (secondary N) is 1. The van der Waals surface area contributed by atoms with Gasteiger partial charge in [0.1, 0.15) is 0 Å². The highest BCUT2D eigenvalue weighted by Crippen LogP contribution is 2.25. The number of hydrogen-bond donors (Lipinski definition) is 2. The van der Waals surface area contributed by atoms with Gasteiger partial charge in [0.25, 0.3) is 5.91 Å². The maximum atomic E-state index is 13.3. The van der Waals surface area contributed by atoms with E-state index in [1.165, 1.54) is 0 Å². The van der Waals surface area contributed by atoms with Gasteiger partial charge in [0, 0.05) is 36.2 Å². The van der Waals surface area contributed by atoms with Gasteiger partial charge in [-0.2, -0.15) is 0 Å². The number of anilines is 1. The molecule has 3 rings (SSSR count).